The van der Waals surface area contributed by atoms with E-state index in [0.29, 0.717) is 0 Å². The van der Waals surface area contributed by atoms with Gasteiger partial charge in [-0.25, -0.2) is 0 Å². The average molecular weight is 370 g/mol. The van der Waals surface area contributed by atoms with Gasteiger partial charge in [-0.3, -0.25) is 0 Å². The number of benzene rings is 3. The van der Waals surface area contributed by atoms with E-state index in [9.17, 15) is 0 Å². The van der Waals surface area contributed by atoms with Crippen molar-refractivity contribution in [3.8, 4) is 0 Å². The fraction of sp³-hybridized carbons (Fsp3) is 0. The van der Waals surface area contributed by atoms with E-state index in [-0.39, 0.29) is 0 Å². The Kier molecular flexibility index (Phi) is 4.10. The minimum absolute atomic E-state index is 1.44. The van der Waals surface area contributed by atoms with Crippen LogP contribution >= 0.6 is 0 Å². The van der Waals surface area contributed by atoms with Gasteiger partial charge in [-0.2, -0.15) is 0 Å². The summed E-state index contributed by atoms with van der Waals surface area (Å²) in [6, 6.07) is 37.3. The quantitative estimate of drug-likeness (QED) is 0.487. The van der Waals surface area contributed by atoms with Crippen LogP contribution in [0, 0.1) is 0 Å². The van der Waals surface area contributed by atoms with Crippen LogP contribution in [0.2, 0.25) is 0 Å². The molecule has 0 fully saturated rings. The fourth-order valence-corrected chi connectivity index (χ4v) is 13.1. The van der Waals surface area contributed by atoms with Crippen LogP contribution in [0.25, 0.3) is 0 Å². The van der Waals surface area contributed by atoms with Crippen LogP contribution in [0.3, 0.4) is 0 Å². The van der Waals surface area contributed by atoms with Gasteiger partial charge in [-0.05, 0) is 0 Å². The van der Waals surface area contributed by atoms with Crippen LogP contribution in [0.15, 0.2) is 116 Å². The van der Waals surface area contributed by atoms with Crippen LogP contribution in [0.1, 0.15) is 0 Å². The maximum atomic E-state index is 2.49. The van der Waals surface area contributed by atoms with Crippen molar-refractivity contribution in [2.75, 3.05) is 0 Å². The zero-order valence-corrected chi connectivity index (χ0v) is 15.5. The third-order valence-corrected chi connectivity index (χ3v) is 14.2. The molecule has 1 nitrogen and oxygen atoms in total. The van der Waals surface area contributed by atoms with Crippen molar-refractivity contribution in [3.63, 3.8) is 0 Å². The topological polar surface area (TPSA) is 4.93 Å². The van der Waals surface area contributed by atoms with E-state index < -0.39 is 13.5 Å². The summed E-state index contributed by atoms with van der Waals surface area (Å²) < 4.78 is 6.79. The van der Waals surface area contributed by atoms with Gasteiger partial charge < -0.3 is 0 Å². The van der Waals surface area contributed by atoms with Gasteiger partial charge in [-0.15, -0.1) is 0 Å². The molecule has 0 spiro atoms. The van der Waals surface area contributed by atoms with Crippen LogP contribution in [-0.4, -0.2) is 17.0 Å². The number of rotatable bonds is 4. The molecule has 0 saturated carbocycles. The third-order valence-electron chi connectivity index (χ3n) is 4.57. The number of hydrogen-bond donors (Lipinski definition) is 0. The van der Waals surface area contributed by atoms with Crippen molar-refractivity contribution in [3.05, 3.63) is 116 Å². The van der Waals surface area contributed by atoms with Gasteiger partial charge in [0.25, 0.3) is 0 Å². The summed E-state index contributed by atoms with van der Waals surface area (Å²) in [5.74, 6) is 0. The summed E-state index contributed by atoms with van der Waals surface area (Å²) >= 11 is -3.01. The molecule has 1 aromatic heterocycles. The van der Waals surface area contributed by atoms with Crippen molar-refractivity contribution >= 4 is 26.7 Å². The third kappa shape index (κ3) is 2.42. The van der Waals surface area contributed by atoms with Crippen LogP contribution in [0.5, 0.6) is 0 Å². The molecule has 116 valence electrons. The number of nitrogens with zero attached hydrogens (tertiary/aromatic N) is 1. The first kappa shape index (κ1) is 15.0. The first-order valence-corrected chi connectivity index (χ1v) is 12.3. The van der Waals surface area contributed by atoms with Gasteiger partial charge in [0, 0.05) is 0 Å². The molecule has 0 N–H and O–H groups in total. The molecule has 1 heterocycles. The molecule has 0 saturated heterocycles. The van der Waals surface area contributed by atoms with Gasteiger partial charge >= 0.3 is 146 Å². The van der Waals surface area contributed by atoms with Crippen molar-refractivity contribution in [1.29, 1.82) is 0 Å². The molecule has 0 atom stereocenters. The van der Waals surface area contributed by atoms with Crippen LogP contribution in [0.4, 0.5) is 0 Å². The number of hydrogen-bond acceptors (Lipinski definition) is 0. The van der Waals surface area contributed by atoms with Crippen LogP contribution in [-0.2, 0) is 0 Å². The van der Waals surface area contributed by atoms with Gasteiger partial charge in [0.05, 0.1) is 0 Å². The second kappa shape index (κ2) is 6.54. The predicted molar refractivity (Wildman–Crippen MR) is 104 cm³/mol. The van der Waals surface area contributed by atoms with Crippen molar-refractivity contribution < 1.29 is 0 Å². The van der Waals surface area contributed by atoms with Crippen molar-refractivity contribution in [2.24, 2.45) is 0 Å². The summed E-state index contributed by atoms with van der Waals surface area (Å²) in [5.41, 5.74) is 0. The Balaban J connectivity index is 2.12. The van der Waals surface area contributed by atoms with E-state index >= 15 is 0 Å². The van der Waals surface area contributed by atoms with Gasteiger partial charge in [0.2, 0.25) is 0 Å². The predicted octanol–water partition coefficient (Wildman–Crippen LogP) is 3.00. The van der Waals surface area contributed by atoms with Crippen molar-refractivity contribution in [1.82, 2.24) is 3.52 Å². The zero-order valence-electron chi connectivity index (χ0n) is 13.4. The van der Waals surface area contributed by atoms with Gasteiger partial charge in [0.1, 0.15) is 0 Å². The second-order valence-electron chi connectivity index (χ2n) is 5.90. The molecule has 0 bridgehead atoms. The monoisotopic (exact) mass is 371 g/mol. The van der Waals surface area contributed by atoms with E-state index in [4.69, 9.17) is 0 Å². The molecule has 0 aliphatic rings. The maximum absolute atomic E-state index is 3.01. The standard InChI is InChI=1S/C22H19GeN/c1-4-12-20(13-5-1)23(24-18-10-11-19-24,21-14-6-2-7-15-21)22-16-8-3-9-17-22/h1-19H. The molecule has 0 aliphatic carbocycles. The van der Waals surface area contributed by atoms with Crippen molar-refractivity contribution in [2.45, 2.75) is 0 Å². The molecule has 4 rings (SSSR count). The Morgan fingerprint density at radius 2 is 0.750 bits per heavy atom. The fourth-order valence-electron chi connectivity index (χ4n) is 3.54. The van der Waals surface area contributed by atoms with Crippen LogP contribution < -0.4 is 13.2 Å². The van der Waals surface area contributed by atoms with E-state index in [1.165, 1.54) is 13.2 Å². The molecule has 4 aromatic rings. The molecule has 2 heteroatoms. The SMILES string of the molecule is c1cc[c]([Ge]([c]2ccccc2)([c]2ccccc2)[n]2cccc2)cc1. The average Bonchev–Trinajstić information content (AvgIpc) is 3.20. The molecular weight excluding hydrogens is 351 g/mol. The van der Waals surface area contributed by atoms with E-state index in [1.54, 1.807) is 0 Å². The van der Waals surface area contributed by atoms with E-state index in [1.807, 2.05) is 0 Å². The normalized spacial score (nSPS) is 11.3. The summed E-state index contributed by atoms with van der Waals surface area (Å²) in [5, 5.41) is 0. The Morgan fingerprint density at radius 1 is 0.417 bits per heavy atom. The second-order valence-corrected chi connectivity index (χ2v) is 13.6. The Labute approximate surface area is 145 Å². The summed E-state index contributed by atoms with van der Waals surface area (Å²) in [7, 11) is 0. The molecule has 0 unspecified atom stereocenters. The van der Waals surface area contributed by atoms with E-state index in [2.05, 4.69) is 119 Å². The van der Waals surface area contributed by atoms with Gasteiger partial charge in [-0.1, -0.05) is 0 Å². The van der Waals surface area contributed by atoms with E-state index in [0.717, 1.165) is 0 Å². The zero-order chi connectivity index (χ0) is 16.2. The Bertz CT molecular complexity index is 788. The number of aromatic nitrogens is 1. The summed E-state index contributed by atoms with van der Waals surface area (Å²) in [4.78, 5) is 0. The molecular formula is C22H19GeN. The molecule has 3 aromatic carbocycles. The molecule has 24 heavy (non-hydrogen) atoms. The first-order chi connectivity index (χ1) is 11.9. The molecule has 0 radical (unpaired) electrons. The summed E-state index contributed by atoms with van der Waals surface area (Å²) in [6.45, 7) is 0. The molecule has 0 aliphatic heterocycles. The summed E-state index contributed by atoms with van der Waals surface area (Å²) in [6.07, 6.45) is 4.46. The Hall–Kier alpha value is -2.52. The first-order valence-electron chi connectivity index (χ1n) is 8.22. The minimum atomic E-state index is -3.01. The van der Waals surface area contributed by atoms with Gasteiger partial charge in [0.15, 0.2) is 0 Å². The Morgan fingerprint density at radius 3 is 1.08 bits per heavy atom. The molecule has 0 amide bonds.